The maximum atomic E-state index is 13.0. The fourth-order valence-electron chi connectivity index (χ4n) is 2.54. The Hall–Kier alpha value is -2.98. The van der Waals surface area contributed by atoms with Crippen LogP contribution in [-0.4, -0.2) is 10.1 Å². The summed E-state index contributed by atoms with van der Waals surface area (Å²) in [6, 6.07) is 21.4. The molecular formula is C20H12ClFN2O. The molecule has 0 saturated heterocycles. The molecule has 0 saturated carbocycles. The summed E-state index contributed by atoms with van der Waals surface area (Å²) < 4.78 is 18.3. The lowest BCUT2D eigenvalue weighted by Crippen LogP contribution is -1.83. The van der Waals surface area contributed by atoms with Gasteiger partial charge in [-0.05, 0) is 35.4 Å². The van der Waals surface area contributed by atoms with E-state index in [-0.39, 0.29) is 5.82 Å². The highest BCUT2D eigenvalue weighted by atomic mass is 35.5. The van der Waals surface area contributed by atoms with Crippen molar-refractivity contribution in [2.45, 2.75) is 0 Å². The summed E-state index contributed by atoms with van der Waals surface area (Å²) >= 11 is 6.16. The van der Waals surface area contributed by atoms with Crippen LogP contribution in [0.5, 0.6) is 0 Å². The van der Waals surface area contributed by atoms with Gasteiger partial charge in [-0.2, -0.15) is 4.98 Å². The number of hydrogen-bond donors (Lipinski definition) is 0. The van der Waals surface area contributed by atoms with E-state index in [0.717, 1.165) is 16.7 Å². The minimum Gasteiger partial charge on any atom is -0.334 e. The Morgan fingerprint density at radius 2 is 1.36 bits per heavy atom. The lowest BCUT2D eigenvalue weighted by Gasteiger charge is -2.02. The Bertz CT molecular complexity index is 1010. The molecule has 0 aliphatic rings. The van der Waals surface area contributed by atoms with E-state index in [1.54, 1.807) is 18.2 Å². The van der Waals surface area contributed by atoms with Gasteiger partial charge in [0.1, 0.15) is 5.82 Å². The molecule has 5 heteroatoms. The highest BCUT2D eigenvalue weighted by Crippen LogP contribution is 2.29. The molecule has 0 N–H and O–H groups in total. The first kappa shape index (κ1) is 15.5. The lowest BCUT2D eigenvalue weighted by atomic mass is 10.0. The first-order valence-electron chi connectivity index (χ1n) is 7.66. The first-order chi connectivity index (χ1) is 12.2. The average Bonchev–Trinajstić information content (AvgIpc) is 3.13. The van der Waals surface area contributed by atoms with Gasteiger partial charge >= 0.3 is 0 Å². The maximum Gasteiger partial charge on any atom is 0.259 e. The quantitative estimate of drug-likeness (QED) is 0.464. The molecule has 4 aromatic rings. The number of aromatic nitrogens is 2. The van der Waals surface area contributed by atoms with E-state index >= 15 is 0 Å². The normalized spacial score (nSPS) is 10.8. The summed E-state index contributed by atoms with van der Waals surface area (Å²) in [5.41, 5.74) is 3.45. The van der Waals surface area contributed by atoms with Gasteiger partial charge < -0.3 is 4.52 Å². The Morgan fingerprint density at radius 3 is 2.04 bits per heavy atom. The zero-order valence-electron chi connectivity index (χ0n) is 13.0. The van der Waals surface area contributed by atoms with Crippen LogP contribution < -0.4 is 0 Å². The Balaban J connectivity index is 1.63. The summed E-state index contributed by atoms with van der Waals surface area (Å²) in [7, 11) is 0. The Kier molecular flexibility index (Phi) is 4.04. The highest BCUT2D eigenvalue weighted by molar-refractivity contribution is 6.33. The zero-order chi connectivity index (χ0) is 17.2. The van der Waals surface area contributed by atoms with Crippen LogP contribution in [0.4, 0.5) is 4.39 Å². The Morgan fingerprint density at radius 1 is 0.760 bits per heavy atom. The molecule has 0 aliphatic carbocycles. The summed E-state index contributed by atoms with van der Waals surface area (Å²) in [6.07, 6.45) is 0. The summed E-state index contributed by atoms with van der Waals surface area (Å²) in [6.45, 7) is 0. The summed E-state index contributed by atoms with van der Waals surface area (Å²) in [5.74, 6) is 0.614. The van der Waals surface area contributed by atoms with E-state index in [1.807, 2.05) is 42.5 Å². The van der Waals surface area contributed by atoms with Crippen molar-refractivity contribution >= 4 is 11.6 Å². The van der Waals surface area contributed by atoms with E-state index in [1.165, 1.54) is 12.1 Å². The Labute approximate surface area is 148 Å². The number of benzene rings is 3. The van der Waals surface area contributed by atoms with Crippen LogP contribution in [0.1, 0.15) is 0 Å². The van der Waals surface area contributed by atoms with E-state index in [2.05, 4.69) is 10.1 Å². The van der Waals surface area contributed by atoms with Crippen LogP contribution in [-0.2, 0) is 0 Å². The van der Waals surface area contributed by atoms with E-state index in [0.29, 0.717) is 22.3 Å². The second-order valence-electron chi connectivity index (χ2n) is 5.49. The first-order valence-corrected chi connectivity index (χ1v) is 8.03. The van der Waals surface area contributed by atoms with Gasteiger partial charge in [-0.25, -0.2) is 4.39 Å². The number of hydrogen-bond acceptors (Lipinski definition) is 3. The molecule has 0 amide bonds. The topological polar surface area (TPSA) is 38.9 Å². The number of rotatable bonds is 3. The molecule has 4 rings (SSSR count). The van der Waals surface area contributed by atoms with E-state index < -0.39 is 0 Å². The van der Waals surface area contributed by atoms with Gasteiger partial charge in [-0.15, -0.1) is 0 Å². The van der Waals surface area contributed by atoms with Crippen molar-refractivity contribution < 1.29 is 8.91 Å². The summed E-state index contributed by atoms with van der Waals surface area (Å²) in [5, 5.41) is 4.58. The van der Waals surface area contributed by atoms with Crippen molar-refractivity contribution in [1.82, 2.24) is 10.1 Å². The second kappa shape index (κ2) is 6.49. The highest BCUT2D eigenvalue weighted by Gasteiger charge is 2.13. The van der Waals surface area contributed by atoms with Gasteiger partial charge in [0, 0.05) is 5.56 Å². The molecule has 1 aromatic heterocycles. The predicted molar refractivity (Wildman–Crippen MR) is 95.6 cm³/mol. The largest absolute Gasteiger partial charge is 0.334 e. The van der Waals surface area contributed by atoms with Crippen LogP contribution in [0.3, 0.4) is 0 Å². The fraction of sp³-hybridized carbons (Fsp3) is 0. The SMILES string of the molecule is Fc1ccc(-c2ccc(-c3noc(-c4ccccc4Cl)n3)cc2)cc1. The van der Waals surface area contributed by atoms with Crippen LogP contribution in [0.15, 0.2) is 77.3 Å². The molecule has 122 valence electrons. The van der Waals surface area contributed by atoms with Crippen molar-refractivity contribution in [1.29, 1.82) is 0 Å². The van der Waals surface area contributed by atoms with Gasteiger partial charge in [0.2, 0.25) is 5.82 Å². The van der Waals surface area contributed by atoms with Crippen LogP contribution in [0.2, 0.25) is 5.02 Å². The minimum absolute atomic E-state index is 0.251. The summed E-state index contributed by atoms with van der Waals surface area (Å²) in [4.78, 5) is 4.41. The van der Waals surface area contributed by atoms with Crippen molar-refractivity contribution in [2.24, 2.45) is 0 Å². The van der Waals surface area contributed by atoms with Gasteiger partial charge in [0.05, 0.1) is 10.6 Å². The van der Waals surface area contributed by atoms with Crippen LogP contribution >= 0.6 is 11.6 Å². The van der Waals surface area contributed by atoms with Crippen LogP contribution in [0.25, 0.3) is 34.0 Å². The molecule has 3 nitrogen and oxygen atoms in total. The smallest absolute Gasteiger partial charge is 0.259 e. The van der Waals surface area contributed by atoms with Crippen molar-refractivity contribution in [2.75, 3.05) is 0 Å². The lowest BCUT2D eigenvalue weighted by molar-refractivity contribution is 0.432. The zero-order valence-corrected chi connectivity index (χ0v) is 13.7. The molecule has 0 atom stereocenters. The molecule has 0 spiro atoms. The second-order valence-corrected chi connectivity index (χ2v) is 5.89. The predicted octanol–water partition coefficient (Wildman–Crippen LogP) is 5.86. The van der Waals surface area contributed by atoms with Gasteiger partial charge in [-0.1, -0.05) is 65.3 Å². The molecule has 0 fully saturated rings. The fourth-order valence-corrected chi connectivity index (χ4v) is 2.76. The maximum absolute atomic E-state index is 13.0. The van der Waals surface area contributed by atoms with Crippen LogP contribution in [0, 0.1) is 5.82 Å². The van der Waals surface area contributed by atoms with Gasteiger partial charge in [-0.3, -0.25) is 0 Å². The molecule has 0 unspecified atom stereocenters. The molecule has 0 bridgehead atoms. The number of halogens is 2. The third-order valence-corrected chi connectivity index (χ3v) is 4.18. The molecule has 0 aliphatic heterocycles. The van der Waals surface area contributed by atoms with Crippen molar-refractivity contribution in [3.63, 3.8) is 0 Å². The van der Waals surface area contributed by atoms with Gasteiger partial charge in [0.15, 0.2) is 0 Å². The van der Waals surface area contributed by atoms with E-state index in [4.69, 9.17) is 16.1 Å². The molecule has 3 aromatic carbocycles. The standard InChI is InChI=1S/C20H12ClFN2O/c21-18-4-2-1-3-17(18)20-23-19(24-25-20)15-7-5-13(6-8-15)14-9-11-16(22)12-10-14/h1-12H. The monoisotopic (exact) mass is 350 g/mol. The van der Waals surface area contributed by atoms with E-state index in [9.17, 15) is 4.39 Å². The minimum atomic E-state index is -0.251. The third kappa shape index (κ3) is 3.16. The number of nitrogens with zero attached hydrogens (tertiary/aromatic N) is 2. The van der Waals surface area contributed by atoms with Gasteiger partial charge in [0.25, 0.3) is 5.89 Å². The molecule has 0 radical (unpaired) electrons. The molecule has 1 heterocycles. The van der Waals surface area contributed by atoms with Crippen molar-refractivity contribution in [3.05, 3.63) is 83.6 Å². The molecule has 25 heavy (non-hydrogen) atoms. The third-order valence-electron chi connectivity index (χ3n) is 3.85. The molecular weight excluding hydrogens is 339 g/mol. The average molecular weight is 351 g/mol. The van der Waals surface area contributed by atoms with Crippen molar-refractivity contribution in [3.8, 4) is 34.0 Å².